The number of hydrogen-bond acceptors (Lipinski definition) is 3. The molecule has 27 heavy (non-hydrogen) atoms. The van der Waals surface area contributed by atoms with E-state index in [2.05, 4.69) is 85.4 Å². The van der Waals surface area contributed by atoms with E-state index < -0.39 is 0 Å². The molecule has 1 unspecified atom stereocenters. The van der Waals surface area contributed by atoms with E-state index in [1.165, 1.54) is 23.2 Å². The molecule has 1 aliphatic rings. The highest BCUT2D eigenvalue weighted by molar-refractivity contribution is 5.48. The molecule has 146 valence electrons. The first-order valence-corrected chi connectivity index (χ1v) is 10.3. The van der Waals surface area contributed by atoms with E-state index in [0.29, 0.717) is 0 Å². The summed E-state index contributed by atoms with van der Waals surface area (Å²) in [6, 6.07) is 20.1. The Bertz CT molecular complexity index is 677. The van der Waals surface area contributed by atoms with E-state index in [1.54, 1.807) is 0 Å². The zero-order valence-corrected chi connectivity index (χ0v) is 17.2. The Labute approximate surface area is 164 Å². The summed E-state index contributed by atoms with van der Waals surface area (Å²) in [4.78, 5) is 4.85. The predicted molar refractivity (Wildman–Crippen MR) is 115 cm³/mol. The molecular weight excluding hydrogens is 332 g/mol. The Balaban J connectivity index is 1.69. The van der Waals surface area contributed by atoms with Crippen LogP contribution in [0.1, 0.15) is 30.9 Å². The van der Waals surface area contributed by atoms with E-state index >= 15 is 0 Å². The van der Waals surface area contributed by atoms with E-state index in [-0.39, 0.29) is 5.54 Å². The molecule has 3 rings (SSSR count). The van der Waals surface area contributed by atoms with Crippen LogP contribution in [0.25, 0.3) is 0 Å². The molecule has 3 nitrogen and oxygen atoms in total. The fourth-order valence-corrected chi connectivity index (χ4v) is 4.14. The van der Waals surface area contributed by atoms with Gasteiger partial charge in [-0.2, -0.15) is 0 Å². The molecule has 1 saturated heterocycles. The highest BCUT2D eigenvalue weighted by atomic mass is 16.5. The van der Waals surface area contributed by atoms with Crippen LogP contribution in [0.2, 0.25) is 0 Å². The van der Waals surface area contributed by atoms with Crippen LogP contribution in [0, 0.1) is 0 Å². The SMILES string of the molecule is CCC(CCc1ccccc1)(Cc1ccc(N2CCOCC2)cc1)N(C)C. The summed E-state index contributed by atoms with van der Waals surface area (Å²) < 4.78 is 5.47. The van der Waals surface area contributed by atoms with Crippen molar-refractivity contribution in [3.05, 3.63) is 65.7 Å². The van der Waals surface area contributed by atoms with Gasteiger partial charge in [-0.25, -0.2) is 0 Å². The maximum Gasteiger partial charge on any atom is 0.0642 e. The average molecular weight is 367 g/mol. The summed E-state index contributed by atoms with van der Waals surface area (Å²) in [6.45, 7) is 5.98. The minimum atomic E-state index is 0.191. The van der Waals surface area contributed by atoms with Gasteiger partial charge in [0.2, 0.25) is 0 Å². The van der Waals surface area contributed by atoms with Crippen LogP contribution >= 0.6 is 0 Å². The molecule has 3 heteroatoms. The molecule has 0 bridgehead atoms. The highest BCUT2D eigenvalue weighted by Gasteiger charge is 2.30. The van der Waals surface area contributed by atoms with Gasteiger partial charge in [0.05, 0.1) is 13.2 Å². The van der Waals surface area contributed by atoms with Crippen LogP contribution in [0.4, 0.5) is 5.69 Å². The lowest BCUT2D eigenvalue weighted by Crippen LogP contribution is -2.46. The van der Waals surface area contributed by atoms with Gasteiger partial charge in [0.1, 0.15) is 0 Å². The van der Waals surface area contributed by atoms with Crippen LogP contribution in [0.15, 0.2) is 54.6 Å². The number of anilines is 1. The lowest BCUT2D eigenvalue weighted by atomic mass is 9.82. The number of ether oxygens (including phenoxy) is 1. The van der Waals surface area contributed by atoms with E-state index in [4.69, 9.17) is 4.74 Å². The van der Waals surface area contributed by atoms with Gasteiger partial charge in [-0.3, -0.25) is 0 Å². The van der Waals surface area contributed by atoms with Gasteiger partial charge in [-0.1, -0.05) is 49.4 Å². The number of nitrogens with zero attached hydrogens (tertiary/aromatic N) is 2. The molecule has 1 heterocycles. The molecule has 0 aromatic heterocycles. The smallest absolute Gasteiger partial charge is 0.0642 e. The van der Waals surface area contributed by atoms with Gasteiger partial charge in [0, 0.05) is 24.3 Å². The number of morpholine rings is 1. The van der Waals surface area contributed by atoms with E-state index in [1.807, 2.05) is 0 Å². The number of hydrogen-bond donors (Lipinski definition) is 0. The van der Waals surface area contributed by atoms with Crippen molar-refractivity contribution in [3.63, 3.8) is 0 Å². The minimum Gasteiger partial charge on any atom is -0.378 e. The van der Waals surface area contributed by atoms with E-state index in [0.717, 1.165) is 45.6 Å². The highest BCUT2D eigenvalue weighted by Crippen LogP contribution is 2.29. The van der Waals surface area contributed by atoms with Gasteiger partial charge in [0.15, 0.2) is 0 Å². The Morgan fingerprint density at radius 2 is 1.59 bits per heavy atom. The molecule has 1 aliphatic heterocycles. The van der Waals surface area contributed by atoms with Gasteiger partial charge in [0.25, 0.3) is 0 Å². The van der Waals surface area contributed by atoms with Crippen LogP contribution < -0.4 is 4.90 Å². The Morgan fingerprint density at radius 3 is 2.19 bits per heavy atom. The molecule has 0 saturated carbocycles. The van der Waals surface area contributed by atoms with Crippen molar-refractivity contribution in [2.24, 2.45) is 0 Å². The van der Waals surface area contributed by atoms with Gasteiger partial charge in [-0.15, -0.1) is 0 Å². The number of likely N-dealkylation sites (N-methyl/N-ethyl adjacent to an activating group) is 1. The van der Waals surface area contributed by atoms with Crippen molar-refractivity contribution in [2.45, 2.75) is 38.1 Å². The molecule has 0 aliphatic carbocycles. The Kier molecular flexibility index (Phi) is 6.92. The quantitative estimate of drug-likeness (QED) is 0.688. The third-order valence-corrected chi connectivity index (χ3v) is 6.17. The number of rotatable bonds is 8. The van der Waals surface area contributed by atoms with Gasteiger partial charge < -0.3 is 14.5 Å². The maximum absolute atomic E-state index is 5.47. The molecule has 0 radical (unpaired) electrons. The van der Waals surface area contributed by atoms with Gasteiger partial charge in [-0.05, 0) is 63.0 Å². The standard InChI is InChI=1S/C24H34N2O/c1-4-24(25(2)3,15-14-21-8-6-5-7-9-21)20-22-10-12-23(13-11-22)26-16-18-27-19-17-26/h5-13H,4,14-20H2,1-3H3. The largest absolute Gasteiger partial charge is 0.378 e. The average Bonchev–Trinajstić information content (AvgIpc) is 2.73. The van der Waals surface area contributed by atoms with Crippen molar-refractivity contribution in [2.75, 3.05) is 45.3 Å². The topological polar surface area (TPSA) is 15.7 Å². The fourth-order valence-electron chi connectivity index (χ4n) is 4.14. The second kappa shape index (κ2) is 9.38. The van der Waals surface area contributed by atoms with Crippen molar-refractivity contribution >= 4 is 5.69 Å². The zero-order valence-electron chi connectivity index (χ0n) is 17.2. The lowest BCUT2D eigenvalue weighted by Gasteiger charge is -2.40. The summed E-state index contributed by atoms with van der Waals surface area (Å²) in [5.41, 5.74) is 4.37. The van der Waals surface area contributed by atoms with Crippen LogP contribution in [0.3, 0.4) is 0 Å². The second-order valence-electron chi connectivity index (χ2n) is 7.90. The molecule has 2 aromatic rings. The van der Waals surface area contributed by atoms with Gasteiger partial charge >= 0.3 is 0 Å². The fraction of sp³-hybridized carbons (Fsp3) is 0.500. The predicted octanol–water partition coefficient (Wildman–Crippen LogP) is 4.41. The normalized spacial score (nSPS) is 17.1. The molecule has 0 amide bonds. The van der Waals surface area contributed by atoms with Crippen molar-refractivity contribution < 1.29 is 4.74 Å². The molecule has 1 atom stereocenters. The summed E-state index contributed by atoms with van der Waals surface area (Å²) in [5.74, 6) is 0. The van der Waals surface area contributed by atoms with Crippen LogP contribution in [0.5, 0.6) is 0 Å². The first-order chi connectivity index (χ1) is 13.1. The van der Waals surface area contributed by atoms with Crippen molar-refractivity contribution in [1.29, 1.82) is 0 Å². The number of aryl methyl sites for hydroxylation is 1. The molecule has 0 spiro atoms. The molecule has 2 aromatic carbocycles. The summed E-state index contributed by atoms with van der Waals surface area (Å²) in [5, 5.41) is 0. The zero-order chi connectivity index (χ0) is 19.1. The third-order valence-electron chi connectivity index (χ3n) is 6.17. The molecule has 0 N–H and O–H groups in total. The summed E-state index contributed by atoms with van der Waals surface area (Å²) >= 11 is 0. The van der Waals surface area contributed by atoms with E-state index in [9.17, 15) is 0 Å². The monoisotopic (exact) mass is 366 g/mol. The third kappa shape index (κ3) is 5.12. The summed E-state index contributed by atoms with van der Waals surface area (Å²) in [7, 11) is 4.47. The molecular formula is C24H34N2O. The Morgan fingerprint density at radius 1 is 0.926 bits per heavy atom. The van der Waals surface area contributed by atoms with Crippen molar-refractivity contribution in [3.8, 4) is 0 Å². The lowest BCUT2D eigenvalue weighted by molar-refractivity contribution is 0.122. The first kappa shape index (κ1) is 19.9. The first-order valence-electron chi connectivity index (χ1n) is 10.3. The maximum atomic E-state index is 5.47. The Hall–Kier alpha value is -1.84. The van der Waals surface area contributed by atoms with Crippen molar-refractivity contribution in [1.82, 2.24) is 4.90 Å². The summed E-state index contributed by atoms with van der Waals surface area (Å²) in [6.07, 6.45) is 4.54. The second-order valence-corrected chi connectivity index (χ2v) is 7.90. The molecule has 1 fully saturated rings. The van der Waals surface area contributed by atoms with Crippen LogP contribution in [-0.4, -0.2) is 50.8 Å². The number of benzene rings is 2. The minimum absolute atomic E-state index is 0.191. The van der Waals surface area contributed by atoms with Crippen LogP contribution in [-0.2, 0) is 17.6 Å².